The number of aryl methyl sites for hydroxylation is 1. The normalized spacial score (nSPS) is 13.6. The van der Waals surface area contributed by atoms with Gasteiger partial charge in [-0.25, -0.2) is 4.39 Å². The molecule has 1 N–H and O–H groups in total. The van der Waals surface area contributed by atoms with E-state index in [1.807, 2.05) is 13.0 Å². The first-order chi connectivity index (χ1) is 8.95. The lowest BCUT2D eigenvalue weighted by Gasteiger charge is -2.25. The molecule has 0 saturated heterocycles. The monoisotopic (exact) mass is 255 g/mol. The van der Waals surface area contributed by atoms with E-state index >= 15 is 0 Å². The molecule has 0 bridgehead atoms. The van der Waals surface area contributed by atoms with E-state index in [4.69, 9.17) is 5.26 Å². The van der Waals surface area contributed by atoms with Crippen molar-refractivity contribution in [2.24, 2.45) is 0 Å². The van der Waals surface area contributed by atoms with Gasteiger partial charge in [0.1, 0.15) is 11.4 Å². The Morgan fingerprint density at radius 1 is 1.21 bits per heavy atom. The summed E-state index contributed by atoms with van der Waals surface area (Å²) in [4.78, 5) is 0. The second-order valence-electron chi connectivity index (χ2n) is 4.75. The van der Waals surface area contributed by atoms with Crippen LogP contribution in [0.2, 0.25) is 0 Å². The summed E-state index contributed by atoms with van der Waals surface area (Å²) in [6.45, 7) is 3.37. The van der Waals surface area contributed by atoms with Crippen molar-refractivity contribution in [2.45, 2.75) is 19.4 Å². The molecule has 0 amide bonds. The fourth-order valence-corrected chi connectivity index (χ4v) is 2.06. The highest BCUT2D eigenvalue weighted by Crippen LogP contribution is 2.31. The summed E-state index contributed by atoms with van der Waals surface area (Å²) in [5, 5.41) is 19.5. The van der Waals surface area contributed by atoms with E-state index in [0.717, 1.165) is 5.56 Å². The molecule has 0 spiro atoms. The van der Waals surface area contributed by atoms with Crippen molar-refractivity contribution in [2.75, 3.05) is 0 Å². The van der Waals surface area contributed by atoms with E-state index < -0.39 is 11.4 Å². The van der Waals surface area contributed by atoms with Crippen LogP contribution >= 0.6 is 0 Å². The second-order valence-corrected chi connectivity index (χ2v) is 4.75. The molecular formula is C16H14FNO. The fraction of sp³-hybridized carbons (Fsp3) is 0.188. The van der Waals surface area contributed by atoms with Gasteiger partial charge in [0.2, 0.25) is 0 Å². The third-order valence-electron chi connectivity index (χ3n) is 3.20. The van der Waals surface area contributed by atoms with Gasteiger partial charge in [-0.05, 0) is 43.7 Å². The lowest BCUT2D eigenvalue weighted by Crippen LogP contribution is -2.24. The lowest BCUT2D eigenvalue weighted by molar-refractivity contribution is 0.0978. The maximum absolute atomic E-state index is 13.9. The Morgan fingerprint density at radius 2 is 1.95 bits per heavy atom. The highest BCUT2D eigenvalue weighted by atomic mass is 19.1. The van der Waals surface area contributed by atoms with Gasteiger partial charge in [-0.3, -0.25) is 0 Å². The van der Waals surface area contributed by atoms with Crippen molar-refractivity contribution in [3.8, 4) is 6.07 Å². The average Bonchev–Trinajstić information content (AvgIpc) is 2.41. The van der Waals surface area contributed by atoms with Crippen molar-refractivity contribution in [3.05, 3.63) is 70.5 Å². The first-order valence-corrected chi connectivity index (χ1v) is 5.95. The summed E-state index contributed by atoms with van der Waals surface area (Å²) in [6.07, 6.45) is 0. The molecule has 0 fully saturated rings. The molecule has 2 aromatic rings. The summed E-state index contributed by atoms with van der Waals surface area (Å²) < 4.78 is 13.9. The standard InChI is InChI=1S/C16H14FNO/c1-11-6-7-15(17)14(8-11)16(2,19)13-5-3-4-12(9-13)10-18/h3-9,19H,1-2H3. The molecule has 2 aromatic carbocycles. The van der Waals surface area contributed by atoms with Gasteiger partial charge in [0.15, 0.2) is 0 Å². The van der Waals surface area contributed by atoms with Crippen molar-refractivity contribution >= 4 is 0 Å². The number of hydrogen-bond acceptors (Lipinski definition) is 2. The minimum atomic E-state index is -1.47. The summed E-state index contributed by atoms with van der Waals surface area (Å²) in [5.74, 6) is -0.460. The van der Waals surface area contributed by atoms with Crippen LogP contribution < -0.4 is 0 Å². The molecule has 2 rings (SSSR count). The molecule has 0 aromatic heterocycles. The fourth-order valence-electron chi connectivity index (χ4n) is 2.06. The molecule has 96 valence electrons. The van der Waals surface area contributed by atoms with Gasteiger partial charge >= 0.3 is 0 Å². The zero-order chi connectivity index (χ0) is 14.0. The summed E-state index contributed by atoms with van der Waals surface area (Å²) in [6, 6.07) is 13.2. The van der Waals surface area contributed by atoms with Crippen LogP contribution in [0, 0.1) is 24.1 Å². The van der Waals surface area contributed by atoms with Crippen LogP contribution in [0.15, 0.2) is 42.5 Å². The average molecular weight is 255 g/mol. The quantitative estimate of drug-likeness (QED) is 0.895. The summed E-state index contributed by atoms with van der Waals surface area (Å²) >= 11 is 0. The molecular weight excluding hydrogens is 241 g/mol. The van der Waals surface area contributed by atoms with Crippen LogP contribution in [0.5, 0.6) is 0 Å². The van der Waals surface area contributed by atoms with Crippen molar-refractivity contribution in [3.63, 3.8) is 0 Å². The van der Waals surface area contributed by atoms with E-state index in [0.29, 0.717) is 11.1 Å². The topological polar surface area (TPSA) is 44.0 Å². The number of benzene rings is 2. The zero-order valence-corrected chi connectivity index (χ0v) is 10.8. The van der Waals surface area contributed by atoms with E-state index in [-0.39, 0.29) is 5.56 Å². The van der Waals surface area contributed by atoms with Gasteiger partial charge < -0.3 is 5.11 Å². The minimum absolute atomic E-state index is 0.211. The van der Waals surface area contributed by atoms with E-state index in [2.05, 4.69) is 0 Å². The molecule has 0 aliphatic heterocycles. The predicted octanol–water partition coefficient (Wildman–Crippen LogP) is 3.26. The maximum atomic E-state index is 13.9. The van der Waals surface area contributed by atoms with Gasteiger partial charge in [-0.15, -0.1) is 0 Å². The van der Waals surface area contributed by atoms with E-state index in [1.165, 1.54) is 13.0 Å². The van der Waals surface area contributed by atoms with Crippen LogP contribution in [0.25, 0.3) is 0 Å². The van der Waals surface area contributed by atoms with Gasteiger partial charge in [-0.2, -0.15) is 5.26 Å². The highest BCUT2D eigenvalue weighted by molar-refractivity contribution is 5.42. The van der Waals surface area contributed by atoms with Gasteiger partial charge in [-0.1, -0.05) is 23.8 Å². The number of nitriles is 1. The highest BCUT2D eigenvalue weighted by Gasteiger charge is 2.29. The molecule has 0 radical (unpaired) electrons. The molecule has 0 heterocycles. The Morgan fingerprint density at radius 3 is 2.63 bits per heavy atom. The first-order valence-electron chi connectivity index (χ1n) is 5.95. The van der Waals surface area contributed by atoms with Crippen LogP contribution in [0.1, 0.15) is 29.2 Å². The van der Waals surface area contributed by atoms with Gasteiger partial charge in [0.05, 0.1) is 11.6 Å². The van der Waals surface area contributed by atoms with Crippen LogP contribution in [-0.4, -0.2) is 5.11 Å². The molecule has 3 heteroatoms. The largest absolute Gasteiger partial charge is 0.381 e. The summed E-state index contributed by atoms with van der Waals surface area (Å²) in [7, 11) is 0. The molecule has 0 saturated carbocycles. The molecule has 1 unspecified atom stereocenters. The number of hydrogen-bond donors (Lipinski definition) is 1. The van der Waals surface area contributed by atoms with Crippen molar-refractivity contribution in [1.82, 2.24) is 0 Å². The SMILES string of the molecule is Cc1ccc(F)c(C(C)(O)c2cccc(C#N)c2)c1. The lowest BCUT2D eigenvalue weighted by atomic mass is 9.86. The Kier molecular flexibility index (Phi) is 3.37. The van der Waals surface area contributed by atoms with Gasteiger partial charge in [0.25, 0.3) is 0 Å². The zero-order valence-electron chi connectivity index (χ0n) is 10.8. The molecule has 0 aliphatic carbocycles. The third kappa shape index (κ3) is 2.49. The molecule has 19 heavy (non-hydrogen) atoms. The van der Waals surface area contributed by atoms with Crippen LogP contribution in [0.4, 0.5) is 4.39 Å². The van der Waals surface area contributed by atoms with Crippen molar-refractivity contribution in [1.29, 1.82) is 5.26 Å². The van der Waals surface area contributed by atoms with E-state index in [1.54, 1.807) is 36.4 Å². The Bertz CT molecular complexity index is 656. The van der Waals surface area contributed by atoms with Crippen LogP contribution in [-0.2, 0) is 5.60 Å². The second kappa shape index (κ2) is 4.83. The minimum Gasteiger partial charge on any atom is -0.381 e. The van der Waals surface area contributed by atoms with E-state index in [9.17, 15) is 9.50 Å². The van der Waals surface area contributed by atoms with Gasteiger partial charge in [0, 0.05) is 5.56 Å². The predicted molar refractivity (Wildman–Crippen MR) is 71.0 cm³/mol. The molecule has 0 aliphatic rings. The maximum Gasteiger partial charge on any atom is 0.129 e. The number of halogens is 1. The van der Waals surface area contributed by atoms with Crippen LogP contribution in [0.3, 0.4) is 0 Å². The Hall–Kier alpha value is -2.18. The van der Waals surface area contributed by atoms with Crippen molar-refractivity contribution < 1.29 is 9.50 Å². The molecule has 2 nitrogen and oxygen atoms in total. The number of aliphatic hydroxyl groups is 1. The first kappa shape index (κ1) is 13.3. The Labute approximate surface area is 111 Å². The summed E-state index contributed by atoms with van der Waals surface area (Å²) in [5.41, 5.74) is 0.542. The molecule has 1 atom stereocenters. The Balaban J connectivity index is 2.58. The number of rotatable bonds is 2. The third-order valence-corrected chi connectivity index (χ3v) is 3.20. The smallest absolute Gasteiger partial charge is 0.129 e. The number of nitrogens with zero attached hydrogens (tertiary/aromatic N) is 1.